The summed E-state index contributed by atoms with van der Waals surface area (Å²) in [6.45, 7) is 2.72. The van der Waals surface area contributed by atoms with Crippen molar-refractivity contribution in [2.45, 2.75) is 43.4 Å². The highest BCUT2D eigenvalue weighted by Crippen LogP contribution is 2.33. The molecule has 7 nitrogen and oxygen atoms in total. The lowest BCUT2D eigenvalue weighted by molar-refractivity contribution is 0.102. The van der Waals surface area contributed by atoms with Gasteiger partial charge in [0.25, 0.3) is 5.91 Å². The summed E-state index contributed by atoms with van der Waals surface area (Å²) in [5, 5.41) is 3.16. The molecule has 0 aliphatic carbocycles. The summed E-state index contributed by atoms with van der Waals surface area (Å²) in [6, 6.07) is 7.98. The molecule has 3 heterocycles. The van der Waals surface area contributed by atoms with Gasteiger partial charge in [0.1, 0.15) is 10.8 Å². The second kappa shape index (κ2) is 9.95. The Hall–Kier alpha value is -1.87. The minimum absolute atomic E-state index is 0.00643. The Kier molecular flexibility index (Phi) is 7.24. The van der Waals surface area contributed by atoms with Crippen LogP contribution in [0.25, 0.3) is 0 Å². The number of nitrogens with one attached hydrogen (secondary N) is 1. The number of hydrogen-bond donors (Lipinski definition) is 1. The van der Waals surface area contributed by atoms with Crippen LogP contribution in [-0.2, 0) is 10.0 Å². The molecule has 172 valence electrons. The van der Waals surface area contributed by atoms with Crippen LogP contribution in [-0.4, -0.2) is 49.8 Å². The number of amides is 1. The van der Waals surface area contributed by atoms with Gasteiger partial charge in [-0.05, 0) is 62.4 Å². The van der Waals surface area contributed by atoms with Crippen molar-refractivity contribution in [2.24, 2.45) is 0 Å². The van der Waals surface area contributed by atoms with Crippen LogP contribution >= 0.6 is 23.2 Å². The van der Waals surface area contributed by atoms with Crippen LogP contribution in [0.1, 0.15) is 49.0 Å². The third kappa shape index (κ3) is 5.03. The van der Waals surface area contributed by atoms with Gasteiger partial charge in [-0.3, -0.25) is 4.79 Å². The number of anilines is 2. The number of carbonyl (C=O) groups is 1. The Morgan fingerprint density at radius 1 is 0.906 bits per heavy atom. The Labute approximate surface area is 198 Å². The first-order valence-electron chi connectivity index (χ1n) is 10.9. The van der Waals surface area contributed by atoms with Crippen molar-refractivity contribution in [3.63, 3.8) is 0 Å². The summed E-state index contributed by atoms with van der Waals surface area (Å²) < 4.78 is 28.0. The molecule has 32 heavy (non-hydrogen) atoms. The van der Waals surface area contributed by atoms with E-state index in [1.807, 2.05) is 0 Å². The number of sulfonamides is 1. The van der Waals surface area contributed by atoms with Crippen LogP contribution in [0.15, 0.2) is 35.2 Å². The maximum Gasteiger partial charge on any atom is 0.275 e. The van der Waals surface area contributed by atoms with Crippen LogP contribution in [0.2, 0.25) is 10.2 Å². The molecule has 2 aliphatic rings. The SMILES string of the molecule is O=C(Nc1cc(S(=O)(=O)N2CCCCC2)ccc1N1CCCCC1)c1nc(Cl)ccc1Cl. The average Bonchev–Trinajstić information content (AvgIpc) is 2.81. The van der Waals surface area contributed by atoms with Crippen molar-refractivity contribution < 1.29 is 13.2 Å². The summed E-state index contributed by atoms with van der Waals surface area (Å²) in [7, 11) is -3.65. The highest BCUT2D eigenvalue weighted by molar-refractivity contribution is 7.89. The molecule has 0 radical (unpaired) electrons. The molecule has 2 aromatic rings. The first kappa shape index (κ1) is 23.3. The number of hydrogen-bond acceptors (Lipinski definition) is 5. The number of nitrogens with zero attached hydrogens (tertiary/aromatic N) is 3. The normalized spacial score (nSPS) is 17.9. The van der Waals surface area contributed by atoms with Crippen molar-refractivity contribution in [2.75, 3.05) is 36.4 Å². The fourth-order valence-corrected chi connectivity index (χ4v) is 6.08. The zero-order valence-electron chi connectivity index (χ0n) is 17.7. The van der Waals surface area contributed by atoms with E-state index in [-0.39, 0.29) is 20.8 Å². The number of benzene rings is 1. The van der Waals surface area contributed by atoms with Gasteiger partial charge in [-0.15, -0.1) is 0 Å². The number of rotatable bonds is 5. The first-order chi connectivity index (χ1) is 15.4. The number of aromatic nitrogens is 1. The zero-order valence-corrected chi connectivity index (χ0v) is 20.0. The molecule has 0 unspecified atom stereocenters. The quantitative estimate of drug-likeness (QED) is 0.600. The lowest BCUT2D eigenvalue weighted by atomic mass is 10.1. The zero-order chi connectivity index (χ0) is 22.7. The summed E-state index contributed by atoms with van der Waals surface area (Å²) in [5.74, 6) is -0.539. The predicted molar refractivity (Wildman–Crippen MR) is 127 cm³/mol. The van der Waals surface area contributed by atoms with Gasteiger partial charge in [0.05, 0.1) is 21.3 Å². The van der Waals surface area contributed by atoms with Gasteiger partial charge in [-0.1, -0.05) is 29.6 Å². The second-order valence-corrected chi connectivity index (χ2v) is 10.8. The molecule has 2 fully saturated rings. The van der Waals surface area contributed by atoms with Crippen LogP contribution in [0.3, 0.4) is 0 Å². The Morgan fingerprint density at radius 2 is 1.56 bits per heavy atom. The molecule has 4 rings (SSSR count). The molecular weight excluding hydrogens is 471 g/mol. The molecule has 0 saturated carbocycles. The number of halogens is 2. The topological polar surface area (TPSA) is 82.6 Å². The summed E-state index contributed by atoms with van der Waals surface area (Å²) in [4.78, 5) is 19.4. The van der Waals surface area contributed by atoms with E-state index in [0.717, 1.165) is 57.3 Å². The molecule has 2 aliphatic heterocycles. The van der Waals surface area contributed by atoms with Gasteiger partial charge in [-0.2, -0.15) is 4.31 Å². The van der Waals surface area contributed by atoms with E-state index in [4.69, 9.17) is 23.2 Å². The van der Waals surface area contributed by atoms with Crippen LogP contribution < -0.4 is 10.2 Å². The van der Waals surface area contributed by atoms with Crippen molar-refractivity contribution in [3.8, 4) is 0 Å². The molecule has 1 amide bonds. The predicted octanol–water partition coefficient (Wildman–Crippen LogP) is 4.81. The van der Waals surface area contributed by atoms with Crippen molar-refractivity contribution in [3.05, 3.63) is 46.2 Å². The minimum Gasteiger partial charge on any atom is -0.370 e. The van der Waals surface area contributed by atoms with Crippen LogP contribution in [0.5, 0.6) is 0 Å². The number of piperidine rings is 2. The van der Waals surface area contributed by atoms with Crippen molar-refractivity contribution in [1.29, 1.82) is 0 Å². The van der Waals surface area contributed by atoms with E-state index >= 15 is 0 Å². The highest BCUT2D eigenvalue weighted by atomic mass is 35.5. The Balaban J connectivity index is 1.70. The van der Waals surface area contributed by atoms with Crippen molar-refractivity contribution >= 4 is 50.5 Å². The van der Waals surface area contributed by atoms with Gasteiger partial charge < -0.3 is 10.2 Å². The van der Waals surface area contributed by atoms with Gasteiger partial charge >= 0.3 is 0 Å². The third-order valence-corrected chi connectivity index (χ3v) is 8.30. The molecular formula is C22H26Cl2N4O3S. The molecule has 1 aromatic carbocycles. The van der Waals surface area contributed by atoms with Crippen LogP contribution in [0, 0.1) is 0 Å². The third-order valence-electron chi connectivity index (χ3n) is 5.89. The maximum absolute atomic E-state index is 13.2. The fourth-order valence-electron chi connectivity index (χ4n) is 4.20. The molecule has 0 bridgehead atoms. The second-order valence-electron chi connectivity index (χ2n) is 8.11. The van der Waals surface area contributed by atoms with Gasteiger partial charge in [0.15, 0.2) is 0 Å². The first-order valence-corrected chi connectivity index (χ1v) is 13.1. The van der Waals surface area contributed by atoms with E-state index in [1.165, 1.54) is 16.4 Å². The molecule has 0 spiro atoms. The van der Waals surface area contributed by atoms with Crippen molar-refractivity contribution in [1.82, 2.24) is 9.29 Å². The molecule has 10 heteroatoms. The molecule has 1 aromatic heterocycles. The van der Waals surface area contributed by atoms with E-state index in [0.29, 0.717) is 18.8 Å². The monoisotopic (exact) mass is 496 g/mol. The van der Waals surface area contributed by atoms with Gasteiger partial charge in [-0.25, -0.2) is 13.4 Å². The van der Waals surface area contributed by atoms with E-state index in [2.05, 4.69) is 15.2 Å². The fraction of sp³-hybridized carbons (Fsp3) is 0.455. The molecule has 0 atom stereocenters. The Bertz CT molecular complexity index is 1100. The highest BCUT2D eigenvalue weighted by Gasteiger charge is 2.28. The van der Waals surface area contributed by atoms with Gasteiger partial charge in [0.2, 0.25) is 10.0 Å². The number of carbonyl (C=O) groups excluding carboxylic acids is 1. The van der Waals surface area contributed by atoms with E-state index in [9.17, 15) is 13.2 Å². The molecule has 2 saturated heterocycles. The smallest absolute Gasteiger partial charge is 0.275 e. The average molecular weight is 497 g/mol. The van der Waals surface area contributed by atoms with E-state index < -0.39 is 15.9 Å². The largest absolute Gasteiger partial charge is 0.370 e. The lowest BCUT2D eigenvalue weighted by Gasteiger charge is -2.31. The summed E-state index contributed by atoms with van der Waals surface area (Å²) >= 11 is 12.1. The van der Waals surface area contributed by atoms with E-state index in [1.54, 1.807) is 18.2 Å². The standard InChI is InChI=1S/C22H26Cl2N4O3S/c23-17-8-10-20(24)26-21(17)22(29)25-18-15-16(32(30,31)28-13-5-2-6-14-28)7-9-19(18)27-11-3-1-4-12-27/h7-10,15H,1-6,11-14H2,(H,25,29). The number of pyridine rings is 1. The summed E-state index contributed by atoms with van der Waals surface area (Å²) in [6.07, 6.45) is 5.99. The maximum atomic E-state index is 13.2. The van der Waals surface area contributed by atoms with Crippen LogP contribution in [0.4, 0.5) is 11.4 Å². The lowest BCUT2D eigenvalue weighted by Crippen LogP contribution is -2.36. The summed E-state index contributed by atoms with van der Waals surface area (Å²) in [5.41, 5.74) is 1.20. The Morgan fingerprint density at radius 3 is 2.25 bits per heavy atom. The minimum atomic E-state index is -3.65. The van der Waals surface area contributed by atoms with Gasteiger partial charge in [0, 0.05) is 26.2 Å². The molecule has 1 N–H and O–H groups in total.